The predicted octanol–water partition coefficient (Wildman–Crippen LogP) is 1.56. The number of nitrogens with one attached hydrogen (secondary N) is 1. The standard InChI is InChI=1S/C18H25N3O4/c1-24-13-3-11-19-17(22)10-12-21-18(23)9-8-16(20-21)14-4-6-15(25-2)7-5-14/h4-7H,3,8-13H2,1-2H3,(H,19,22). The zero-order chi connectivity index (χ0) is 18.1. The molecule has 0 atom stereocenters. The number of rotatable bonds is 9. The Labute approximate surface area is 148 Å². The van der Waals surface area contributed by atoms with Gasteiger partial charge in [0.15, 0.2) is 0 Å². The number of carbonyl (C=O) groups excluding carboxylic acids is 2. The van der Waals surface area contributed by atoms with Gasteiger partial charge in [-0.1, -0.05) is 0 Å². The molecule has 7 heteroatoms. The van der Waals surface area contributed by atoms with Crippen LogP contribution in [0.25, 0.3) is 0 Å². The highest BCUT2D eigenvalue weighted by Crippen LogP contribution is 2.18. The maximum atomic E-state index is 12.0. The third kappa shape index (κ3) is 5.86. The van der Waals surface area contributed by atoms with Gasteiger partial charge in [0, 0.05) is 39.5 Å². The number of hydrogen-bond acceptors (Lipinski definition) is 5. The zero-order valence-corrected chi connectivity index (χ0v) is 14.8. The van der Waals surface area contributed by atoms with Crippen molar-refractivity contribution in [2.24, 2.45) is 5.10 Å². The van der Waals surface area contributed by atoms with Crippen molar-refractivity contribution in [3.8, 4) is 5.75 Å². The van der Waals surface area contributed by atoms with Crippen molar-refractivity contribution < 1.29 is 19.1 Å². The minimum atomic E-state index is -0.0873. The van der Waals surface area contributed by atoms with E-state index in [4.69, 9.17) is 9.47 Å². The molecule has 2 amide bonds. The van der Waals surface area contributed by atoms with Gasteiger partial charge in [-0.2, -0.15) is 5.10 Å². The second kappa shape index (κ2) is 9.78. The molecular formula is C18H25N3O4. The highest BCUT2D eigenvalue weighted by molar-refractivity contribution is 6.04. The van der Waals surface area contributed by atoms with E-state index >= 15 is 0 Å². The van der Waals surface area contributed by atoms with Crippen molar-refractivity contribution >= 4 is 17.5 Å². The topological polar surface area (TPSA) is 80.2 Å². The molecule has 0 bridgehead atoms. The van der Waals surface area contributed by atoms with Gasteiger partial charge in [-0.15, -0.1) is 0 Å². The fraction of sp³-hybridized carbons (Fsp3) is 0.500. The maximum Gasteiger partial charge on any atom is 0.243 e. The van der Waals surface area contributed by atoms with Crippen LogP contribution in [-0.2, 0) is 14.3 Å². The molecule has 1 aromatic rings. The molecule has 0 aliphatic carbocycles. The lowest BCUT2D eigenvalue weighted by Crippen LogP contribution is -2.35. The van der Waals surface area contributed by atoms with Gasteiger partial charge in [-0.3, -0.25) is 9.59 Å². The Morgan fingerprint density at radius 2 is 2.00 bits per heavy atom. The average Bonchev–Trinajstić information content (AvgIpc) is 2.64. The quantitative estimate of drug-likeness (QED) is 0.688. The monoisotopic (exact) mass is 347 g/mol. The summed E-state index contributed by atoms with van der Waals surface area (Å²) in [5, 5.41) is 8.64. The van der Waals surface area contributed by atoms with Crippen LogP contribution in [0.1, 0.15) is 31.2 Å². The second-order valence-corrected chi connectivity index (χ2v) is 5.74. The van der Waals surface area contributed by atoms with E-state index in [1.54, 1.807) is 14.2 Å². The van der Waals surface area contributed by atoms with Crippen LogP contribution in [0.15, 0.2) is 29.4 Å². The summed E-state index contributed by atoms with van der Waals surface area (Å²) in [6.07, 6.45) is 2.01. The molecule has 2 rings (SSSR count). The molecule has 1 aliphatic heterocycles. The molecule has 1 aliphatic rings. The van der Waals surface area contributed by atoms with Crippen LogP contribution in [0.4, 0.5) is 0 Å². The Hall–Kier alpha value is -2.41. The first-order chi connectivity index (χ1) is 12.1. The number of carbonyl (C=O) groups is 2. The Balaban J connectivity index is 1.90. The molecule has 136 valence electrons. The van der Waals surface area contributed by atoms with E-state index in [-0.39, 0.29) is 24.8 Å². The van der Waals surface area contributed by atoms with Crippen LogP contribution in [0.3, 0.4) is 0 Å². The summed E-state index contributed by atoms with van der Waals surface area (Å²) in [6.45, 7) is 1.47. The highest BCUT2D eigenvalue weighted by Gasteiger charge is 2.21. The SMILES string of the molecule is COCCCNC(=O)CCN1N=C(c2ccc(OC)cc2)CCC1=O. The van der Waals surface area contributed by atoms with Crippen molar-refractivity contribution in [2.75, 3.05) is 33.9 Å². The maximum absolute atomic E-state index is 12.0. The molecule has 0 saturated carbocycles. The van der Waals surface area contributed by atoms with Crippen LogP contribution in [0, 0.1) is 0 Å². The van der Waals surface area contributed by atoms with Crippen molar-refractivity contribution in [1.29, 1.82) is 0 Å². The fourth-order valence-electron chi connectivity index (χ4n) is 2.51. The van der Waals surface area contributed by atoms with Crippen molar-refractivity contribution in [3.63, 3.8) is 0 Å². The number of benzene rings is 1. The number of amides is 2. The Bertz CT molecular complexity index is 613. The van der Waals surface area contributed by atoms with E-state index in [1.807, 2.05) is 24.3 Å². The number of nitrogens with zero attached hydrogens (tertiary/aromatic N) is 2. The van der Waals surface area contributed by atoms with E-state index in [0.29, 0.717) is 26.0 Å². The molecule has 7 nitrogen and oxygen atoms in total. The fourth-order valence-corrected chi connectivity index (χ4v) is 2.51. The van der Waals surface area contributed by atoms with E-state index in [0.717, 1.165) is 23.4 Å². The smallest absolute Gasteiger partial charge is 0.243 e. The largest absolute Gasteiger partial charge is 0.497 e. The summed E-state index contributed by atoms with van der Waals surface area (Å²) in [5.41, 5.74) is 1.81. The first-order valence-electron chi connectivity index (χ1n) is 8.42. The molecular weight excluding hydrogens is 322 g/mol. The van der Waals surface area contributed by atoms with Gasteiger partial charge in [0.1, 0.15) is 5.75 Å². The van der Waals surface area contributed by atoms with E-state index in [9.17, 15) is 9.59 Å². The number of methoxy groups -OCH3 is 2. The van der Waals surface area contributed by atoms with Crippen LogP contribution in [0.5, 0.6) is 5.75 Å². The van der Waals surface area contributed by atoms with Gasteiger partial charge in [-0.05, 0) is 36.2 Å². The van der Waals surface area contributed by atoms with E-state index < -0.39 is 0 Å². The molecule has 1 aromatic carbocycles. The van der Waals surface area contributed by atoms with Gasteiger partial charge in [0.05, 0.1) is 19.4 Å². The minimum Gasteiger partial charge on any atom is -0.497 e. The average molecular weight is 347 g/mol. The van der Waals surface area contributed by atoms with Crippen LogP contribution in [0.2, 0.25) is 0 Å². The van der Waals surface area contributed by atoms with Crippen LogP contribution in [-0.4, -0.2) is 56.5 Å². The Morgan fingerprint density at radius 1 is 1.24 bits per heavy atom. The van der Waals surface area contributed by atoms with E-state index in [1.165, 1.54) is 5.01 Å². The van der Waals surface area contributed by atoms with Gasteiger partial charge in [-0.25, -0.2) is 5.01 Å². The van der Waals surface area contributed by atoms with Gasteiger partial charge in [0.25, 0.3) is 0 Å². The third-order valence-electron chi connectivity index (χ3n) is 3.93. The molecule has 25 heavy (non-hydrogen) atoms. The number of hydrazone groups is 1. The van der Waals surface area contributed by atoms with Crippen molar-refractivity contribution in [2.45, 2.75) is 25.7 Å². The summed E-state index contributed by atoms with van der Waals surface area (Å²) in [5.74, 6) is 0.637. The molecule has 0 aromatic heterocycles. The molecule has 1 heterocycles. The van der Waals surface area contributed by atoms with Crippen molar-refractivity contribution in [1.82, 2.24) is 10.3 Å². The third-order valence-corrected chi connectivity index (χ3v) is 3.93. The summed E-state index contributed by atoms with van der Waals surface area (Å²) in [4.78, 5) is 23.9. The Kier molecular flexibility index (Phi) is 7.40. The van der Waals surface area contributed by atoms with Gasteiger partial charge in [0.2, 0.25) is 11.8 Å². The lowest BCUT2D eigenvalue weighted by molar-refractivity contribution is -0.132. The Morgan fingerprint density at radius 3 is 2.68 bits per heavy atom. The lowest BCUT2D eigenvalue weighted by Gasteiger charge is -2.23. The van der Waals surface area contributed by atoms with Crippen LogP contribution < -0.4 is 10.1 Å². The molecule has 0 spiro atoms. The molecule has 0 saturated heterocycles. The molecule has 0 fully saturated rings. The lowest BCUT2D eigenvalue weighted by atomic mass is 10.0. The van der Waals surface area contributed by atoms with Gasteiger partial charge >= 0.3 is 0 Å². The normalized spacial score (nSPS) is 14.2. The number of ether oxygens (including phenoxy) is 2. The summed E-state index contributed by atoms with van der Waals surface area (Å²) in [6, 6.07) is 7.58. The summed E-state index contributed by atoms with van der Waals surface area (Å²) in [7, 11) is 3.25. The second-order valence-electron chi connectivity index (χ2n) is 5.74. The van der Waals surface area contributed by atoms with Crippen LogP contribution >= 0.6 is 0 Å². The predicted molar refractivity (Wildman–Crippen MR) is 94.6 cm³/mol. The van der Waals surface area contributed by atoms with E-state index in [2.05, 4.69) is 10.4 Å². The molecule has 1 N–H and O–H groups in total. The molecule has 0 radical (unpaired) electrons. The first kappa shape index (κ1) is 18.9. The van der Waals surface area contributed by atoms with Crippen molar-refractivity contribution in [3.05, 3.63) is 29.8 Å². The minimum absolute atomic E-state index is 0.0514. The summed E-state index contributed by atoms with van der Waals surface area (Å²) >= 11 is 0. The highest BCUT2D eigenvalue weighted by atomic mass is 16.5. The summed E-state index contributed by atoms with van der Waals surface area (Å²) < 4.78 is 10.1. The molecule has 0 unspecified atom stereocenters. The van der Waals surface area contributed by atoms with Gasteiger partial charge < -0.3 is 14.8 Å². The zero-order valence-electron chi connectivity index (χ0n) is 14.8. The number of hydrogen-bond donors (Lipinski definition) is 1. The first-order valence-corrected chi connectivity index (χ1v) is 8.42.